The van der Waals surface area contributed by atoms with Crippen LogP contribution in [0, 0.1) is 0 Å². The summed E-state index contributed by atoms with van der Waals surface area (Å²) in [5.74, 6) is -1.03. The predicted octanol–water partition coefficient (Wildman–Crippen LogP) is 1.81. The highest BCUT2D eigenvalue weighted by Gasteiger charge is 2.18. The number of nitrogens with zero attached hydrogens (tertiary/aromatic N) is 3. The molecule has 1 amide bonds. The SMILES string of the molecule is CC(=O)N1CC=C(c2ccc(-c3n[nH]nc3C(=O)O)cc2)CC1. The lowest BCUT2D eigenvalue weighted by Crippen LogP contribution is -2.32. The third-order valence-corrected chi connectivity index (χ3v) is 3.93. The van der Waals surface area contributed by atoms with Crippen LogP contribution in [0.3, 0.4) is 0 Å². The molecule has 0 unspecified atom stereocenters. The summed E-state index contributed by atoms with van der Waals surface area (Å²) in [5, 5.41) is 19.0. The van der Waals surface area contributed by atoms with Crippen LogP contribution in [0.5, 0.6) is 0 Å². The normalized spacial score (nSPS) is 14.5. The third kappa shape index (κ3) is 2.98. The predicted molar refractivity (Wildman–Crippen MR) is 83.6 cm³/mol. The zero-order chi connectivity index (χ0) is 16.4. The average molecular weight is 312 g/mol. The first-order valence-electron chi connectivity index (χ1n) is 7.25. The molecule has 0 aliphatic carbocycles. The van der Waals surface area contributed by atoms with Crippen LogP contribution in [-0.2, 0) is 4.79 Å². The zero-order valence-electron chi connectivity index (χ0n) is 12.6. The van der Waals surface area contributed by atoms with Crippen molar-refractivity contribution in [2.75, 3.05) is 13.1 Å². The molecule has 1 aromatic heterocycles. The second-order valence-electron chi connectivity index (χ2n) is 5.35. The Labute approximate surface area is 132 Å². The number of amides is 1. The van der Waals surface area contributed by atoms with Crippen molar-refractivity contribution in [3.8, 4) is 11.3 Å². The Kier molecular flexibility index (Phi) is 3.92. The molecule has 118 valence electrons. The van der Waals surface area contributed by atoms with E-state index in [9.17, 15) is 9.59 Å². The Bertz CT molecular complexity index is 777. The summed E-state index contributed by atoms with van der Waals surface area (Å²) < 4.78 is 0. The van der Waals surface area contributed by atoms with Crippen LogP contribution in [0.1, 0.15) is 29.4 Å². The molecule has 2 N–H and O–H groups in total. The van der Waals surface area contributed by atoms with Crippen molar-refractivity contribution in [1.82, 2.24) is 20.3 Å². The standard InChI is InChI=1S/C16H16N4O3/c1-10(21)20-8-6-12(7-9-20)11-2-4-13(5-3-11)14-15(16(22)23)18-19-17-14/h2-6H,7-9H2,1H3,(H,22,23)(H,17,18,19). The number of carboxylic acids is 1. The maximum atomic E-state index is 11.3. The Morgan fingerprint density at radius 2 is 1.87 bits per heavy atom. The fraction of sp³-hybridized carbons (Fsp3) is 0.250. The van der Waals surface area contributed by atoms with Gasteiger partial charge in [0.15, 0.2) is 5.69 Å². The lowest BCUT2D eigenvalue weighted by atomic mass is 9.97. The van der Waals surface area contributed by atoms with Crippen molar-refractivity contribution in [3.05, 3.63) is 41.6 Å². The lowest BCUT2D eigenvalue weighted by Gasteiger charge is -2.25. The van der Waals surface area contributed by atoms with E-state index in [4.69, 9.17) is 5.11 Å². The Hall–Kier alpha value is -2.96. The van der Waals surface area contributed by atoms with Gasteiger partial charge in [0.05, 0.1) is 0 Å². The second kappa shape index (κ2) is 6.04. The van der Waals surface area contributed by atoms with Crippen LogP contribution >= 0.6 is 0 Å². The first-order chi connectivity index (χ1) is 11.1. The maximum absolute atomic E-state index is 11.3. The van der Waals surface area contributed by atoms with Gasteiger partial charge in [-0.1, -0.05) is 30.3 Å². The molecule has 7 nitrogen and oxygen atoms in total. The molecular formula is C16H16N4O3. The Morgan fingerprint density at radius 1 is 1.17 bits per heavy atom. The van der Waals surface area contributed by atoms with E-state index in [1.54, 1.807) is 11.8 Å². The molecule has 2 aromatic rings. The third-order valence-electron chi connectivity index (χ3n) is 3.93. The van der Waals surface area contributed by atoms with Crippen LogP contribution in [0.25, 0.3) is 16.8 Å². The van der Waals surface area contributed by atoms with E-state index < -0.39 is 5.97 Å². The molecule has 1 aliphatic rings. The Balaban J connectivity index is 1.82. The number of H-pyrrole nitrogens is 1. The number of carbonyl (C=O) groups excluding carboxylic acids is 1. The molecule has 1 aromatic carbocycles. The minimum Gasteiger partial charge on any atom is -0.476 e. The molecule has 23 heavy (non-hydrogen) atoms. The summed E-state index contributed by atoms with van der Waals surface area (Å²) in [6.07, 6.45) is 2.86. The van der Waals surface area contributed by atoms with E-state index >= 15 is 0 Å². The molecule has 7 heteroatoms. The van der Waals surface area contributed by atoms with Crippen LogP contribution in [0.2, 0.25) is 0 Å². The minimum absolute atomic E-state index is 0.0860. The molecule has 1 aliphatic heterocycles. The van der Waals surface area contributed by atoms with E-state index in [-0.39, 0.29) is 11.6 Å². The van der Waals surface area contributed by atoms with E-state index in [0.717, 1.165) is 18.5 Å². The summed E-state index contributed by atoms with van der Waals surface area (Å²) in [6, 6.07) is 7.53. The maximum Gasteiger partial charge on any atom is 0.358 e. The summed E-state index contributed by atoms with van der Waals surface area (Å²) in [5.41, 5.74) is 3.18. The highest BCUT2D eigenvalue weighted by molar-refractivity contribution is 5.92. The molecule has 3 rings (SSSR count). The number of benzene rings is 1. The molecule has 2 heterocycles. The zero-order valence-corrected chi connectivity index (χ0v) is 12.6. The van der Waals surface area contributed by atoms with E-state index in [1.165, 1.54) is 5.57 Å². The number of rotatable bonds is 3. The van der Waals surface area contributed by atoms with Gasteiger partial charge in [-0.2, -0.15) is 10.3 Å². The molecule has 0 atom stereocenters. The molecular weight excluding hydrogens is 296 g/mol. The van der Waals surface area contributed by atoms with Gasteiger partial charge in [0.25, 0.3) is 0 Å². The number of hydrogen-bond acceptors (Lipinski definition) is 4. The topological polar surface area (TPSA) is 99.2 Å². The number of nitrogens with one attached hydrogen (secondary N) is 1. The summed E-state index contributed by atoms with van der Waals surface area (Å²) in [6.45, 7) is 2.92. The fourth-order valence-corrected chi connectivity index (χ4v) is 2.64. The molecule has 0 radical (unpaired) electrons. The number of hydrogen-bond donors (Lipinski definition) is 2. The molecule has 0 saturated heterocycles. The monoisotopic (exact) mass is 312 g/mol. The van der Waals surface area contributed by atoms with Gasteiger partial charge in [0.2, 0.25) is 5.91 Å². The first kappa shape index (κ1) is 15.0. The van der Waals surface area contributed by atoms with Gasteiger partial charge in [0.1, 0.15) is 5.69 Å². The van der Waals surface area contributed by atoms with E-state index in [0.29, 0.717) is 17.8 Å². The summed E-state index contributed by atoms with van der Waals surface area (Å²) >= 11 is 0. The molecule has 0 bridgehead atoms. The number of carbonyl (C=O) groups is 2. The first-order valence-corrected chi connectivity index (χ1v) is 7.25. The Morgan fingerprint density at radius 3 is 2.43 bits per heavy atom. The number of aromatic amines is 1. The smallest absolute Gasteiger partial charge is 0.358 e. The van der Waals surface area contributed by atoms with Crippen molar-refractivity contribution < 1.29 is 14.7 Å². The quantitative estimate of drug-likeness (QED) is 0.900. The fourth-order valence-electron chi connectivity index (χ4n) is 2.64. The van der Waals surface area contributed by atoms with Gasteiger partial charge in [-0.25, -0.2) is 4.79 Å². The van der Waals surface area contributed by atoms with E-state index in [2.05, 4.69) is 21.5 Å². The molecule has 0 spiro atoms. The van der Waals surface area contributed by atoms with Gasteiger partial charge in [0, 0.05) is 25.6 Å². The number of aromatic nitrogens is 3. The van der Waals surface area contributed by atoms with Crippen molar-refractivity contribution in [3.63, 3.8) is 0 Å². The van der Waals surface area contributed by atoms with Gasteiger partial charge >= 0.3 is 5.97 Å². The van der Waals surface area contributed by atoms with Crippen LogP contribution in [0.4, 0.5) is 0 Å². The van der Waals surface area contributed by atoms with Gasteiger partial charge in [-0.05, 0) is 17.6 Å². The number of carboxylic acid groups (broad SMARTS) is 1. The van der Waals surface area contributed by atoms with Crippen LogP contribution < -0.4 is 0 Å². The summed E-state index contributed by atoms with van der Waals surface area (Å²) in [4.78, 5) is 24.2. The highest BCUT2D eigenvalue weighted by atomic mass is 16.4. The van der Waals surface area contributed by atoms with Crippen molar-refractivity contribution in [2.45, 2.75) is 13.3 Å². The van der Waals surface area contributed by atoms with Crippen LogP contribution in [0.15, 0.2) is 30.3 Å². The van der Waals surface area contributed by atoms with Crippen molar-refractivity contribution >= 4 is 17.4 Å². The molecule has 0 saturated carbocycles. The largest absolute Gasteiger partial charge is 0.476 e. The lowest BCUT2D eigenvalue weighted by molar-refractivity contribution is -0.128. The summed E-state index contributed by atoms with van der Waals surface area (Å²) in [7, 11) is 0. The van der Waals surface area contributed by atoms with Gasteiger partial charge in [-0.3, -0.25) is 4.79 Å². The second-order valence-corrected chi connectivity index (χ2v) is 5.35. The van der Waals surface area contributed by atoms with Crippen molar-refractivity contribution in [1.29, 1.82) is 0 Å². The number of aromatic carboxylic acids is 1. The highest BCUT2D eigenvalue weighted by Crippen LogP contribution is 2.26. The van der Waals surface area contributed by atoms with Crippen LogP contribution in [-0.4, -0.2) is 50.4 Å². The van der Waals surface area contributed by atoms with E-state index in [1.807, 2.05) is 24.3 Å². The minimum atomic E-state index is -1.11. The molecule has 0 fully saturated rings. The van der Waals surface area contributed by atoms with Crippen molar-refractivity contribution in [2.24, 2.45) is 0 Å². The van der Waals surface area contributed by atoms with Gasteiger partial charge < -0.3 is 10.0 Å². The van der Waals surface area contributed by atoms with Gasteiger partial charge in [-0.15, -0.1) is 5.10 Å². The average Bonchev–Trinajstić information content (AvgIpc) is 3.05.